The van der Waals surface area contributed by atoms with Crippen molar-refractivity contribution in [1.82, 2.24) is 10.6 Å². The molecule has 18 heavy (non-hydrogen) atoms. The molecule has 0 aromatic heterocycles. The fourth-order valence-electron chi connectivity index (χ4n) is 2.43. The molecule has 0 aromatic carbocycles. The van der Waals surface area contributed by atoms with Crippen molar-refractivity contribution in [2.24, 2.45) is 5.92 Å². The first-order valence-electron chi connectivity index (χ1n) is 6.83. The number of carbonyl (C=O) groups is 2. The number of amides is 1. The predicted molar refractivity (Wildman–Crippen MR) is 69.3 cm³/mol. The molecule has 0 radical (unpaired) electrons. The highest BCUT2D eigenvalue weighted by Crippen LogP contribution is 2.14. The second-order valence-corrected chi connectivity index (χ2v) is 5.07. The smallest absolute Gasteiger partial charge is 0.305 e. The van der Waals surface area contributed by atoms with E-state index in [1.165, 1.54) is 0 Å². The number of hydrogen-bond acceptors (Lipinski definition) is 3. The predicted octanol–water partition coefficient (Wildman–Crippen LogP) is 1.14. The summed E-state index contributed by atoms with van der Waals surface area (Å²) >= 11 is 0. The van der Waals surface area contributed by atoms with Crippen molar-refractivity contribution in [3.05, 3.63) is 0 Å². The zero-order valence-corrected chi connectivity index (χ0v) is 11.1. The molecule has 2 atom stereocenters. The van der Waals surface area contributed by atoms with E-state index in [2.05, 4.69) is 10.6 Å². The van der Waals surface area contributed by atoms with Crippen molar-refractivity contribution in [3.8, 4) is 0 Å². The minimum atomic E-state index is -0.854. The number of carboxylic acid groups (broad SMARTS) is 1. The molecule has 0 saturated carbocycles. The van der Waals surface area contributed by atoms with E-state index in [-0.39, 0.29) is 18.4 Å². The van der Waals surface area contributed by atoms with E-state index in [9.17, 15) is 9.59 Å². The first-order chi connectivity index (χ1) is 8.61. The zero-order chi connectivity index (χ0) is 13.4. The Morgan fingerprint density at radius 1 is 1.50 bits per heavy atom. The molecule has 104 valence electrons. The third-order valence-electron chi connectivity index (χ3n) is 3.30. The third-order valence-corrected chi connectivity index (χ3v) is 3.30. The largest absolute Gasteiger partial charge is 0.481 e. The van der Waals surface area contributed by atoms with Crippen LogP contribution in [0.25, 0.3) is 0 Å². The van der Waals surface area contributed by atoms with Crippen LogP contribution in [-0.4, -0.2) is 36.1 Å². The molecule has 0 bridgehead atoms. The molecular weight excluding hydrogens is 232 g/mol. The van der Waals surface area contributed by atoms with Crippen LogP contribution in [0.15, 0.2) is 0 Å². The third kappa shape index (κ3) is 6.00. The van der Waals surface area contributed by atoms with E-state index < -0.39 is 5.97 Å². The molecule has 3 N–H and O–H groups in total. The maximum absolute atomic E-state index is 11.8. The lowest BCUT2D eigenvalue weighted by Crippen LogP contribution is -2.39. The molecular formula is C13H24N2O3. The molecule has 1 aliphatic heterocycles. The molecule has 5 nitrogen and oxygen atoms in total. The Morgan fingerprint density at radius 2 is 2.28 bits per heavy atom. The topological polar surface area (TPSA) is 78.4 Å². The monoisotopic (exact) mass is 256 g/mol. The Morgan fingerprint density at radius 3 is 2.83 bits per heavy atom. The number of piperidine rings is 1. The van der Waals surface area contributed by atoms with E-state index in [0.717, 1.165) is 38.8 Å². The highest BCUT2D eigenvalue weighted by molar-refractivity contribution is 5.77. The first kappa shape index (κ1) is 15.0. The summed E-state index contributed by atoms with van der Waals surface area (Å²) in [6, 6.07) is -0.225. The van der Waals surface area contributed by atoms with Crippen LogP contribution in [0.4, 0.5) is 0 Å². The number of rotatable bonds is 7. The number of hydrogen-bond donors (Lipinski definition) is 3. The van der Waals surface area contributed by atoms with Crippen LogP contribution in [0.5, 0.6) is 0 Å². The molecule has 2 unspecified atom stereocenters. The van der Waals surface area contributed by atoms with Gasteiger partial charge in [0.15, 0.2) is 0 Å². The normalized spacial score (nSPS) is 21.3. The summed E-state index contributed by atoms with van der Waals surface area (Å²) in [6.45, 7) is 3.92. The summed E-state index contributed by atoms with van der Waals surface area (Å²) in [5, 5.41) is 14.9. The second-order valence-electron chi connectivity index (χ2n) is 5.07. The average Bonchev–Trinajstić information content (AvgIpc) is 2.29. The first-order valence-corrected chi connectivity index (χ1v) is 6.83. The molecule has 1 heterocycles. The van der Waals surface area contributed by atoms with Gasteiger partial charge in [-0.3, -0.25) is 9.59 Å². The molecule has 1 rings (SSSR count). The van der Waals surface area contributed by atoms with Crippen molar-refractivity contribution in [2.45, 2.75) is 51.5 Å². The van der Waals surface area contributed by atoms with E-state index in [0.29, 0.717) is 12.3 Å². The molecule has 0 aliphatic carbocycles. The SMILES string of the molecule is CCCC(CC(=O)O)NC(=O)CC1CCCNC1. The van der Waals surface area contributed by atoms with Gasteiger partial charge in [-0.05, 0) is 38.3 Å². The van der Waals surface area contributed by atoms with Gasteiger partial charge in [0.25, 0.3) is 0 Å². The van der Waals surface area contributed by atoms with Crippen molar-refractivity contribution in [3.63, 3.8) is 0 Å². The second kappa shape index (κ2) is 8.08. The fourth-order valence-corrected chi connectivity index (χ4v) is 2.43. The number of carboxylic acids is 1. The molecule has 0 spiro atoms. The van der Waals surface area contributed by atoms with Crippen LogP contribution in [0.2, 0.25) is 0 Å². The Kier molecular flexibility index (Phi) is 6.72. The van der Waals surface area contributed by atoms with Gasteiger partial charge in [0.1, 0.15) is 0 Å². The van der Waals surface area contributed by atoms with Gasteiger partial charge < -0.3 is 15.7 Å². The number of carbonyl (C=O) groups excluding carboxylic acids is 1. The molecule has 5 heteroatoms. The summed E-state index contributed by atoms with van der Waals surface area (Å²) < 4.78 is 0. The Hall–Kier alpha value is -1.10. The minimum Gasteiger partial charge on any atom is -0.481 e. The van der Waals surface area contributed by atoms with E-state index in [1.54, 1.807) is 0 Å². The number of aliphatic carboxylic acids is 1. The molecule has 1 amide bonds. The fraction of sp³-hybridized carbons (Fsp3) is 0.846. The van der Waals surface area contributed by atoms with Crippen LogP contribution in [0, 0.1) is 5.92 Å². The highest BCUT2D eigenvalue weighted by Gasteiger charge is 2.19. The molecule has 1 aliphatic rings. The Bertz CT molecular complexity index is 275. The maximum Gasteiger partial charge on any atom is 0.305 e. The van der Waals surface area contributed by atoms with E-state index in [4.69, 9.17) is 5.11 Å². The average molecular weight is 256 g/mol. The van der Waals surface area contributed by atoms with E-state index in [1.807, 2.05) is 6.92 Å². The van der Waals surface area contributed by atoms with Gasteiger partial charge in [-0.1, -0.05) is 13.3 Å². The Balaban J connectivity index is 2.32. The van der Waals surface area contributed by atoms with Crippen molar-refractivity contribution in [1.29, 1.82) is 0 Å². The lowest BCUT2D eigenvalue weighted by molar-refractivity contribution is -0.137. The Labute approximate surface area is 108 Å². The molecule has 1 saturated heterocycles. The van der Waals surface area contributed by atoms with Gasteiger partial charge in [0, 0.05) is 12.5 Å². The summed E-state index contributed by atoms with van der Waals surface area (Å²) in [5.74, 6) is -0.470. The van der Waals surface area contributed by atoms with E-state index >= 15 is 0 Å². The lowest BCUT2D eigenvalue weighted by Gasteiger charge is -2.23. The summed E-state index contributed by atoms with van der Waals surface area (Å²) in [4.78, 5) is 22.5. The standard InChI is InChI=1S/C13H24N2O3/c1-2-4-11(8-13(17)18)15-12(16)7-10-5-3-6-14-9-10/h10-11,14H,2-9H2,1H3,(H,15,16)(H,17,18). The van der Waals surface area contributed by atoms with Crippen molar-refractivity contribution in [2.75, 3.05) is 13.1 Å². The summed E-state index contributed by atoms with van der Waals surface area (Å²) in [6.07, 6.45) is 4.32. The van der Waals surface area contributed by atoms with Crippen LogP contribution < -0.4 is 10.6 Å². The maximum atomic E-state index is 11.8. The van der Waals surface area contributed by atoms with Crippen LogP contribution in [-0.2, 0) is 9.59 Å². The van der Waals surface area contributed by atoms with Gasteiger partial charge in [-0.15, -0.1) is 0 Å². The van der Waals surface area contributed by atoms with Gasteiger partial charge >= 0.3 is 5.97 Å². The summed E-state index contributed by atoms with van der Waals surface area (Å²) in [5.41, 5.74) is 0. The van der Waals surface area contributed by atoms with Crippen molar-refractivity contribution < 1.29 is 14.7 Å². The lowest BCUT2D eigenvalue weighted by atomic mass is 9.95. The quantitative estimate of drug-likeness (QED) is 0.638. The highest BCUT2D eigenvalue weighted by atomic mass is 16.4. The van der Waals surface area contributed by atoms with Gasteiger partial charge in [0.2, 0.25) is 5.91 Å². The molecule has 0 aromatic rings. The molecule has 1 fully saturated rings. The van der Waals surface area contributed by atoms with Crippen LogP contribution >= 0.6 is 0 Å². The van der Waals surface area contributed by atoms with Crippen molar-refractivity contribution >= 4 is 11.9 Å². The van der Waals surface area contributed by atoms with Gasteiger partial charge in [-0.2, -0.15) is 0 Å². The van der Waals surface area contributed by atoms with Crippen LogP contribution in [0.3, 0.4) is 0 Å². The van der Waals surface area contributed by atoms with Gasteiger partial charge in [0.05, 0.1) is 6.42 Å². The minimum absolute atomic E-state index is 0.0107. The van der Waals surface area contributed by atoms with Crippen LogP contribution in [0.1, 0.15) is 45.4 Å². The van der Waals surface area contributed by atoms with Gasteiger partial charge in [-0.25, -0.2) is 0 Å². The zero-order valence-electron chi connectivity index (χ0n) is 11.1. The number of nitrogens with one attached hydrogen (secondary N) is 2. The summed E-state index contributed by atoms with van der Waals surface area (Å²) in [7, 11) is 0.